The fourth-order valence-electron chi connectivity index (χ4n) is 4.92. The summed E-state index contributed by atoms with van der Waals surface area (Å²) in [7, 11) is 1.68. The number of carbonyl (C=O) groups is 1. The number of fused-ring (bicyclic) bond motifs is 1. The molecule has 1 unspecified atom stereocenters. The summed E-state index contributed by atoms with van der Waals surface area (Å²) in [5.74, 6) is 0.835. The molecule has 2 heterocycles. The molecule has 1 atom stereocenters. The molecule has 0 aliphatic carbocycles. The molecule has 1 aliphatic heterocycles. The number of amides is 1. The molecule has 1 amide bonds. The van der Waals surface area contributed by atoms with Gasteiger partial charge in [0.25, 0.3) is 0 Å². The highest BCUT2D eigenvalue weighted by atomic mass is 16.6. The number of hydrogen-bond acceptors (Lipinski definition) is 6. The fraction of sp³-hybridized carbons (Fsp3) is 0.484. The lowest BCUT2D eigenvalue weighted by atomic mass is 10.00. The second kappa shape index (κ2) is 13.0. The van der Waals surface area contributed by atoms with E-state index in [2.05, 4.69) is 34.9 Å². The lowest BCUT2D eigenvalue weighted by molar-refractivity contribution is 0.00895. The van der Waals surface area contributed by atoms with Gasteiger partial charge in [-0.3, -0.25) is 0 Å². The largest absolute Gasteiger partial charge is 0.497 e. The van der Waals surface area contributed by atoms with Crippen molar-refractivity contribution >= 4 is 22.7 Å². The van der Waals surface area contributed by atoms with Crippen molar-refractivity contribution in [2.75, 3.05) is 38.6 Å². The zero-order chi connectivity index (χ0) is 27.0. The number of carbonyl (C=O) groups excluding carboxylic acids is 1. The first kappa shape index (κ1) is 27.7. The van der Waals surface area contributed by atoms with Crippen molar-refractivity contribution in [1.29, 1.82) is 0 Å². The van der Waals surface area contributed by atoms with Crippen molar-refractivity contribution in [2.45, 2.75) is 64.5 Å². The number of ether oxygens (including phenoxy) is 2. The van der Waals surface area contributed by atoms with Gasteiger partial charge in [-0.25, -0.2) is 9.78 Å². The molecule has 0 saturated carbocycles. The molecule has 0 spiro atoms. The van der Waals surface area contributed by atoms with Gasteiger partial charge in [0.1, 0.15) is 11.4 Å². The number of likely N-dealkylation sites (tertiary alicyclic amines) is 1. The summed E-state index contributed by atoms with van der Waals surface area (Å²) in [4.78, 5) is 19.5. The Labute approximate surface area is 226 Å². The number of methoxy groups -OCH3 is 1. The Kier molecular flexibility index (Phi) is 9.45. The lowest BCUT2D eigenvalue weighted by Crippen LogP contribution is -2.47. The third kappa shape index (κ3) is 7.60. The number of anilines is 1. The molecule has 2 N–H and O–H groups in total. The van der Waals surface area contributed by atoms with Gasteiger partial charge in [0, 0.05) is 35.8 Å². The van der Waals surface area contributed by atoms with Crippen LogP contribution in [0.5, 0.6) is 5.75 Å². The average molecular weight is 519 g/mol. The minimum Gasteiger partial charge on any atom is -0.497 e. The van der Waals surface area contributed by atoms with Crippen LogP contribution in [-0.4, -0.2) is 60.9 Å². The molecule has 0 radical (unpaired) electrons. The number of pyridine rings is 1. The zero-order valence-corrected chi connectivity index (χ0v) is 23.3. The van der Waals surface area contributed by atoms with Gasteiger partial charge in [-0.15, -0.1) is 0 Å². The molecular weight excluding hydrogens is 476 g/mol. The number of hydrogen-bond donors (Lipinski definition) is 2. The molecule has 1 aromatic heterocycles. The summed E-state index contributed by atoms with van der Waals surface area (Å²) < 4.78 is 10.9. The first-order valence-electron chi connectivity index (χ1n) is 13.8. The van der Waals surface area contributed by atoms with Gasteiger partial charge in [-0.05, 0) is 102 Å². The number of nitrogens with zero attached hydrogens (tertiary/aromatic N) is 2. The van der Waals surface area contributed by atoms with Crippen LogP contribution in [-0.2, 0) is 4.74 Å². The topological polar surface area (TPSA) is 75.7 Å². The van der Waals surface area contributed by atoms with Crippen molar-refractivity contribution in [3.05, 3.63) is 54.6 Å². The molecule has 2 aromatic carbocycles. The van der Waals surface area contributed by atoms with E-state index in [0.717, 1.165) is 85.5 Å². The van der Waals surface area contributed by atoms with Crippen LogP contribution in [0.1, 0.15) is 52.9 Å². The van der Waals surface area contributed by atoms with E-state index in [0.29, 0.717) is 0 Å². The quantitative estimate of drug-likeness (QED) is 0.299. The van der Waals surface area contributed by atoms with E-state index >= 15 is 0 Å². The molecule has 3 aromatic rings. The number of benzene rings is 2. The molecule has 1 aliphatic rings. The summed E-state index contributed by atoms with van der Waals surface area (Å²) in [6.45, 7) is 9.24. The summed E-state index contributed by atoms with van der Waals surface area (Å²) in [5.41, 5.74) is 3.61. The Hall–Kier alpha value is -3.32. The molecule has 204 valence electrons. The fourth-order valence-corrected chi connectivity index (χ4v) is 4.92. The van der Waals surface area contributed by atoms with Crippen LogP contribution in [0.15, 0.2) is 54.6 Å². The smallest absolute Gasteiger partial charge is 0.410 e. The number of aromatic nitrogens is 1. The normalized spacial score (nSPS) is 15.9. The van der Waals surface area contributed by atoms with E-state index in [9.17, 15) is 4.79 Å². The molecule has 7 heteroatoms. The second-order valence-electron chi connectivity index (χ2n) is 10.9. The Bertz CT molecular complexity index is 1190. The Morgan fingerprint density at radius 3 is 2.61 bits per heavy atom. The van der Waals surface area contributed by atoms with Gasteiger partial charge in [-0.1, -0.05) is 18.2 Å². The standard InChI is InChI=1S/C31H42N4O3/c1-31(2,3)38-30(36)35-21-8-7-10-24(35)17-20-32-18-9-19-33-29-22-28(23-13-15-25(37-4)16-14-23)34-27-12-6-5-11-26(27)29/h5-6,11-16,22,24,32H,7-10,17-21H2,1-4H3,(H,33,34). The van der Waals surface area contributed by atoms with Crippen molar-refractivity contribution in [2.24, 2.45) is 0 Å². The van der Waals surface area contributed by atoms with Gasteiger partial charge < -0.3 is 25.0 Å². The number of rotatable bonds is 10. The van der Waals surface area contributed by atoms with Crippen molar-refractivity contribution in [1.82, 2.24) is 15.2 Å². The van der Waals surface area contributed by atoms with E-state index in [-0.39, 0.29) is 12.1 Å². The van der Waals surface area contributed by atoms with Gasteiger partial charge in [0.15, 0.2) is 0 Å². The highest BCUT2D eigenvalue weighted by Crippen LogP contribution is 2.29. The van der Waals surface area contributed by atoms with Gasteiger partial charge in [-0.2, -0.15) is 0 Å². The average Bonchev–Trinajstić information content (AvgIpc) is 2.91. The third-order valence-electron chi connectivity index (χ3n) is 6.86. The Balaban J connectivity index is 1.27. The van der Waals surface area contributed by atoms with E-state index in [1.807, 2.05) is 56.0 Å². The molecule has 0 bridgehead atoms. The van der Waals surface area contributed by atoms with Crippen LogP contribution in [0.3, 0.4) is 0 Å². The zero-order valence-electron chi connectivity index (χ0n) is 23.3. The summed E-state index contributed by atoms with van der Waals surface area (Å²) >= 11 is 0. The molecule has 38 heavy (non-hydrogen) atoms. The van der Waals surface area contributed by atoms with E-state index < -0.39 is 5.60 Å². The maximum absolute atomic E-state index is 12.6. The van der Waals surface area contributed by atoms with E-state index in [4.69, 9.17) is 14.5 Å². The highest BCUT2D eigenvalue weighted by molar-refractivity contribution is 5.93. The summed E-state index contributed by atoms with van der Waals surface area (Å²) in [5, 5.41) is 8.32. The second-order valence-corrected chi connectivity index (χ2v) is 10.9. The highest BCUT2D eigenvalue weighted by Gasteiger charge is 2.30. The van der Waals surface area contributed by atoms with Crippen LogP contribution < -0.4 is 15.4 Å². The number of nitrogens with one attached hydrogen (secondary N) is 2. The maximum Gasteiger partial charge on any atom is 0.410 e. The van der Waals surface area contributed by atoms with Crippen LogP contribution in [0.4, 0.5) is 10.5 Å². The molecule has 4 rings (SSSR count). The number of piperidine rings is 1. The summed E-state index contributed by atoms with van der Waals surface area (Å²) in [6.07, 6.45) is 5.05. The molecule has 1 fully saturated rings. The predicted octanol–water partition coefficient (Wildman–Crippen LogP) is 6.48. The first-order chi connectivity index (χ1) is 18.3. The van der Waals surface area contributed by atoms with E-state index in [1.165, 1.54) is 6.42 Å². The van der Waals surface area contributed by atoms with Gasteiger partial charge in [0.05, 0.1) is 18.3 Å². The molecule has 1 saturated heterocycles. The van der Waals surface area contributed by atoms with Gasteiger partial charge >= 0.3 is 6.09 Å². The van der Waals surface area contributed by atoms with Crippen LogP contribution in [0.25, 0.3) is 22.2 Å². The van der Waals surface area contributed by atoms with Crippen LogP contribution >= 0.6 is 0 Å². The first-order valence-corrected chi connectivity index (χ1v) is 13.8. The monoisotopic (exact) mass is 518 g/mol. The Morgan fingerprint density at radius 1 is 1.05 bits per heavy atom. The maximum atomic E-state index is 12.6. The SMILES string of the molecule is COc1ccc(-c2cc(NCCCNCCC3CCCCN3C(=O)OC(C)(C)C)c3ccccc3n2)cc1. The minimum atomic E-state index is -0.458. The van der Waals surface area contributed by atoms with E-state index in [1.54, 1.807) is 7.11 Å². The Morgan fingerprint density at radius 2 is 1.84 bits per heavy atom. The molecule has 7 nitrogen and oxygen atoms in total. The third-order valence-corrected chi connectivity index (χ3v) is 6.86. The summed E-state index contributed by atoms with van der Waals surface area (Å²) in [6, 6.07) is 18.6. The van der Waals surface area contributed by atoms with Crippen molar-refractivity contribution in [3.63, 3.8) is 0 Å². The van der Waals surface area contributed by atoms with Crippen LogP contribution in [0, 0.1) is 0 Å². The predicted molar refractivity (Wildman–Crippen MR) is 155 cm³/mol. The molecular formula is C31H42N4O3. The number of para-hydroxylation sites is 1. The van der Waals surface area contributed by atoms with Crippen molar-refractivity contribution < 1.29 is 14.3 Å². The van der Waals surface area contributed by atoms with Crippen molar-refractivity contribution in [3.8, 4) is 17.0 Å². The lowest BCUT2D eigenvalue weighted by Gasteiger charge is -2.36. The van der Waals surface area contributed by atoms with Crippen LogP contribution in [0.2, 0.25) is 0 Å². The minimum absolute atomic E-state index is 0.176. The van der Waals surface area contributed by atoms with Gasteiger partial charge in [0.2, 0.25) is 0 Å².